The Kier molecular flexibility index (Phi) is 6.75. The zero-order valence-corrected chi connectivity index (χ0v) is 18.2. The fourth-order valence-electron chi connectivity index (χ4n) is 3.05. The van der Waals surface area contributed by atoms with E-state index in [1.165, 1.54) is 11.8 Å². The van der Waals surface area contributed by atoms with Gasteiger partial charge in [-0.25, -0.2) is 0 Å². The summed E-state index contributed by atoms with van der Waals surface area (Å²) in [4.78, 5) is 12.3. The van der Waals surface area contributed by atoms with Crippen LogP contribution < -0.4 is 10.1 Å². The SMILES string of the molecule is N#Cc1ccccc1NC(=O)CCSc1nnc(COc2ccccc2Cl)n1C1CC1. The minimum absolute atomic E-state index is 0.144. The maximum atomic E-state index is 12.3. The van der Waals surface area contributed by atoms with Crippen molar-refractivity contribution < 1.29 is 9.53 Å². The Bertz CT molecular complexity index is 1120. The topological polar surface area (TPSA) is 92.8 Å². The zero-order valence-electron chi connectivity index (χ0n) is 16.6. The lowest BCUT2D eigenvalue weighted by Crippen LogP contribution is -2.13. The van der Waals surface area contributed by atoms with Crippen molar-refractivity contribution in [2.75, 3.05) is 11.1 Å². The summed E-state index contributed by atoms with van der Waals surface area (Å²) < 4.78 is 7.93. The lowest BCUT2D eigenvalue weighted by Gasteiger charge is -2.11. The van der Waals surface area contributed by atoms with Crippen molar-refractivity contribution in [1.82, 2.24) is 14.8 Å². The van der Waals surface area contributed by atoms with Crippen molar-refractivity contribution in [3.05, 3.63) is 64.9 Å². The van der Waals surface area contributed by atoms with Gasteiger partial charge in [-0.1, -0.05) is 47.6 Å². The predicted octanol–water partition coefficient (Wildman–Crippen LogP) is 4.84. The maximum absolute atomic E-state index is 12.3. The minimum Gasteiger partial charge on any atom is -0.484 e. The van der Waals surface area contributed by atoms with Crippen molar-refractivity contribution in [3.63, 3.8) is 0 Å². The summed E-state index contributed by atoms with van der Waals surface area (Å²) in [5, 5.41) is 21.9. The van der Waals surface area contributed by atoms with Crippen LogP contribution in [-0.4, -0.2) is 26.4 Å². The lowest BCUT2D eigenvalue weighted by molar-refractivity contribution is -0.115. The third-order valence-electron chi connectivity index (χ3n) is 4.72. The summed E-state index contributed by atoms with van der Waals surface area (Å²) >= 11 is 7.65. The molecule has 1 fully saturated rings. The first-order chi connectivity index (χ1) is 15.2. The Balaban J connectivity index is 1.34. The first-order valence-corrected chi connectivity index (χ1v) is 11.2. The van der Waals surface area contributed by atoms with Crippen molar-refractivity contribution in [2.45, 2.75) is 37.1 Å². The molecule has 158 valence electrons. The molecule has 1 heterocycles. The van der Waals surface area contributed by atoms with Crippen LogP contribution >= 0.6 is 23.4 Å². The molecule has 1 aliphatic carbocycles. The second-order valence-corrected chi connectivity index (χ2v) is 8.49. The van der Waals surface area contributed by atoms with E-state index in [0.717, 1.165) is 23.8 Å². The van der Waals surface area contributed by atoms with Crippen LogP contribution in [0.25, 0.3) is 0 Å². The number of para-hydroxylation sites is 2. The molecule has 0 spiro atoms. The standard InChI is InChI=1S/C22H20ClN5O2S/c23-17-6-2-4-8-19(17)30-14-20-26-27-22(28(20)16-9-10-16)31-12-11-21(29)25-18-7-3-1-5-15(18)13-24/h1-8,16H,9-12,14H2,(H,25,29). The third kappa shape index (κ3) is 5.37. The van der Waals surface area contributed by atoms with Crippen molar-refractivity contribution in [3.8, 4) is 11.8 Å². The van der Waals surface area contributed by atoms with Gasteiger partial charge in [-0.05, 0) is 37.1 Å². The molecule has 0 aliphatic heterocycles. The van der Waals surface area contributed by atoms with Crippen LogP contribution in [0.3, 0.4) is 0 Å². The van der Waals surface area contributed by atoms with Gasteiger partial charge in [0, 0.05) is 18.2 Å². The monoisotopic (exact) mass is 453 g/mol. The lowest BCUT2D eigenvalue weighted by atomic mass is 10.2. The van der Waals surface area contributed by atoms with Crippen molar-refractivity contribution >= 4 is 35.0 Å². The van der Waals surface area contributed by atoms with Crippen LogP contribution in [-0.2, 0) is 11.4 Å². The van der Waals surface area contributed by atoms with E-state index in [9.17, 15) is 4.79 Å². The number of ether oxygens (including phenoxy) is 1. The molecule has 1 aliphatic rings. The molecule has 0 bridgehead atoms. The van der Waals surface area contributed by atoms with Crippen LogP contribution in [0.4, 0.5) is 5.69 Å². The van der Waals surface area contributed by atoms with Crippen LogP contribution in [0.5, 0.6) is 5.75 Å². The number of nitriles is 1. The second kappa shape index (κ2) is 9.86. The van der Waals surface area contributed by atoms with Crippen LogP contribution in [0.1, 0.15) is 36.7 Å². The number of anilines is 1. The molecule has 2 aromatic carbocycles. The average Bonchev–Trinajstić information content (AvgIpc) is 3.54. The number of halogens is 1. The van der Waals surface area contributed by atoms with Gasteiger partial charge in [0.25, 0.3) is 0 Å². The number of carbonyl (C=O) groups is 1. The first kappa shape index (κ1) is 21.2. The normalized spacial score (nSPS) is 12.9. The largest absolute Gasteiger partial charge is 0.484 e. The summed E-state index contributed by atoms with van der Waals surface area (Å²) in [7, 11) is 0. The van der Waals surface area contributed by atoms with Gasteiger partial charge in [0.15, 0.2) is 11.0 Å². The summed E-state index contributed by atoms with van der Waals surface area (Å²) in [5.41, 5.74) is 0.972. The Morgan fingerprint density at radius 3 is 2.77 bits per heavy atom. The molecular formula is C22H20ClN5O2S. The number of hydrogen-bond acceptors (Lipinski definition) is 6. The number of hydrogen-bond donors (Lipinski definition) is 1. The Morgan fingerprint density at radius 2 is 2.00 bits per heavy atom. The Morgan fingerprint density at radius 1 is 1.23 bits per heavy atom. The number of nitrogens with one attached hydrogen (secondary N) is 1. The van der Waals surface area contributed by atoms with Gasteiger partial charge >= 0.3 is 0 Å². The molecule has 0 atom stereocenters. The number of thioether (sulfide) groups is 1. The second-order valence-electron chi connectivity index (χ2n) is 7.02. The van der Waals surface area contributed by atoms with Gasteiger partial charge in [0.2, 0.25) is 5.91 Å². The molecule has 1 amide bonds. The molecule has 31 heavy (non-hydrogen) atoms. The quantitative estimate of drug-likeness (QED) is 0.466. The summed E-state index contributed by atoms with van der Waals surface area (Å²) in [6.45, 7) is 0.277. The maximum Gasteiger partial charge on any atom is 0.225 e. The molecule has 0 saturated heterocycles. The van der Waals surface area contributed by atoms with E-state index in [1.54, 1.807) is 30.3 Å². The number of aromatic nitrogens is 3. The molecular weight excluding hydrogens is 434 g/mol. The fraction of sp³-hybridized carbons (Fsp3) is 0.273. The van der Waals surface area contributed by atoms with Gasteiger partial charge < -0.3 is 14.6 Å². The van der Waals surface area contributed by atoms with Crippen LogP contribution in [0, 0.1) is 11.3 Å². The number of benzene rings is 2. The molecule has 7 nitrogen and oxygen atoms in total. The van der Waals surface area contributed by atoms with Gasteiger partial charge in [-0.15, -0.1) is 10.2 Å². The van der Waals surface area contributed by atoms with Gasteiger partial charge in [-0.3, -0.25) is 4.79 Å². The fourth-order valence-corrected chi connectivity index (χ4v) is 4.20. The smallest absolute Gasteiger partial charge is 0.225 e. The highest BCUT2D eigenvalue weighted by atomic mass is 35.5. The van der Waals surface area contributed by atoms with E-state index in [-0.39, 0.29) is 12.5 Å². The summed E-state index contributed by atoms with van der Waals surface area (Å²) in [6, 6.07) is 16.7. The number of rotatable bonds is 9. The Labute approximate surface area is 189 Å². The highest BCUT2D eigenvalue weighted by molar-refractivity contribution is 7.99. The number of amides is 1. The third-order valence-corrected chi connectivity index (χ3v) is 5.98. The van der Waals surface area contributed by atoms with Gasteiger partial charge in [0.05, 0.1) is 16.3 Å². The van der Waals surface area contributed by atoms with E-state index in [2.05, 4.69) is 26.2 Å². The van der Waals surface area contributed by atoms with Crippen LogP contribution in [0.15, 0.2) is 53.7 Å². The molecule has 1 saturated carbocycles. The predicted molar refractivity (Wildman–Crippen MR) is 119 cm³/mol. The highest BCUT2D eigenvalue weighted by Crippen LogP contribution is 2.39. The molecule has 0 radical (unpaired) electrons. The molecule has 4 rings (SSSR count). The van der Waals surface area contributed by atoms with E-state index in [1.807, 2.05) is 18.2 Å². The zero-order chi connectivity index (χ0) is 21.6. The molecule has 0 unspecified atom stereocenters. The van der Waals surface area contributed by atoms with Gasteiger partial charge in [0.1, 0.15) is 18.4 Å². The van der Waals surface area contributed by atoms with Crippen LogP contribution in [0.2, 0.25) is 5.02 Å². The number of carbonyl (C=O) groups excluding carboxylic acids is 1. The van der Waals surface area contributed by atoms with E-state index >= 15 is 0 Å². The van der Waals surface area contributed by atoms with Gasteiger partial charge in [-0.2, -0.15) is 5.26 Å². The first-order valence-electron chi connectivity index (χ1n) is 9.88. The highest BCUT2D eigenvalue weighted by Gasteiger charge is 2.30. The summed E-state index contributed by atoms with van der Waals surface area (Å²) in [5.74, 6) is 1.77. The van der Waals surface area contributed by atoms with E-state index in [4.69, 9.17) is 21.6 Å². The van der Waals surface area contributed by atoms with Crippen molar-refractivity contribution in [2.24, 2.45) is 0 Å². The van der Waals surface area contributed by atoms with E-state index in [0.29, 0.717) is 40.2 Å². The number of nitrogens with zero attached hydrogens (tertiary/aromatic N) is 4. The average molecular weight is 454 g/mol. The molecule has 1 N–H and O–H groups in total. The van der Waals surface area contributed by atoms with E-state index < -0.39 is 0 Å². The minimum atomic E-state index is -0.144. The molecule has 3 aromatic rings. The molecule has 1 aromatic heterocycles. The Hall–Kier alpha value is -3.02. The summed E-state index contributed by atoms with van der Waals surface area (Å²) in [6.07, 6.45) is 2.46. The molecule has 9 heteroatoms. The van der Waals surface area contributed by atoms with Crippen molar-refractivity contribution in [1.29, 1.82) is 5.26 Å².